The second-order valence-corrected chi connectivity index (χ2v) is 10.2. The minimum atomic E-state index is -0.666. The van der Waals surface area contributed by atoms with Gasteiger partial charge >= 0.3 is 5.97 Å². The van der Waals surface area contributed by atoms with Crippen LogP contribution in [0.3, 0.4) is 0 Å². The van der Waals surface area contributed by atoms with Gasteiger partial charge in [0.2, 0.25) is 5.91 Å². The summed E-state index contributed by atoms with van der Waals surface area (Å²) in [6, 6.07) is 10.2. The van der Waals surface area contributed by atoms with E-state index < -0.39 is 17.0 Å². The number of esters is 1. The Hall–Kier alpha value is -3.06. The second kappa shape index (κ2) is 7.73. The molecule has 4 aliphatic rings. The SMILES string of the molecule is CC(=O)N1CCC(c2ccc(C3(C(=O)c4nccc5c4C(=O)OC54CCNC4)CC3)cc2)CC1. The van der Waals surface area contributed by atoms with Gasteiger partial charge in [0.05, 0.1) is 11.0 Å². The van der Waals surface area contributed by atoms with Crippen molar-refractivity contribution in [3.63, 3.8) is 0 Å². The molecule has 4 heterocycles. The number of hydrogen-bond donors (Lipinski definition) is 1. The summed E-state index contributed by atoms with van der Waals surface area (Å²) >= 11 is 0. The zero-order valence-electron chi connectivity index (χ0n) is 19.4. The summed E-state index contributed by atoms with van der Waals surface area (Å²) in [7, 11) is 0. The molecular formula is C27H29N3O4. The fourth-order valence-corrected chi connectivity index (χ4v) is 6.09. The Morgan fingerprint density at radius 3 is 2.44 bits per heavy atom. The topological polar surface area (TPSA) is 88.6 Å². The maximum atomic E-state index is 13.8. The lowest BCUT2D eigenvalue weighted by molar-refractivity contribution is -0.129. The number of Topliss-reactive ketones (excluding diaryl/α,β-unsaturated/α-hetero) is 1. The number of fused-ring (bicyclic) bond motifs is 2. The average molecular weight is 460 g/mol. The molecule has 3 aliphatic heterocycles. The van der Waals surface area contributed by atoms with Crippen molar-refractivity contribution in [1.82, 2.24) is 15.2 Å². The van der Waals surface area contributed by atoms with Crippen molar-refractivity contribution in [3.05, 3.63) is 64.5 Å². The molecule has 1 atom stereocenters. The number of benzene rings is 1. The standard InChI is InChI=1S/C27H29N3O4/c1-17(31)30-14-7-19(8-15-30)18-2-4-20(5-3-18)26(9-10-26)24(32)23-22-21(6-12-29-23)27(34-25(22)33)11-13-28-16-27/h2-6,12,19,28H,7-11,13-16H2,1H3. The fourth-order valence-electron chi connectivity index (χ4n) is 6.09. The molecule has 1 amide bonds. The molecule has 3 fully saturated rings. The van der Waals surface area contributed by atoms with E-state index in [-0.39, 0.29) is 17.4 Å². The Morgan fingerprint density at radius 1 is 1.09 bits per heavy atom. The van der Waals surface area contributed by atoms with Gasteiger partial charge in [-0.15, -0.1) is 0 Å². The zero-order valence-corrected chi connectivity index (χ0v) is 19.4. The van der Waals surface area contributed by atoms with E-state index in [0.29, 0.717) is 24.4 Å². The molecule has 1 unspecified atom stereocenters. The van der Waals surface area contributed by atoms with Gasteiger partial charge in [0, 0.05) is 44.7 Å². The highest BCUT2D eigenvalue weighted by molar-refractivity contribution is 6.12. The van der Waals surface area contributed by atoms with Crippen LogP contribution >= 0.6 is 0 Å². The number of nitrogens with zero attached hydrogens (tertiary/aromatic N) is 2. The van der Waals surface area contributed by atoms with Gasteiger partial charge in [-0.1, -0.05) is 24.3 Å². The molecule has 0 radical (unpaired) electrons. The Bertz CT molecular complexity index is 1170. The lowest BCUT2D eigenvalue weighted by Crippen LogP contribution is -2.36. The number of nitrogens with one attached hydrogen (secondary N) is 1. The number of carbonyl (C=O) groups excluding carboxylic acids is 3. The van der Waals surface area contributed by atoms with Crippen LogP contribution in [0.25, 0.3) is 0 Å². The molecule has 1 N–H and O–H groups in total. The summed E-state index contributed by atoms with van der Waals surface area (Å²) in [4.78, 5) is 44.6. The van der Waals surface area contributed by atoms with Crippen LogP contribution in [0, 0.1) is 0 Å². The lowest BCUT2D eigenvalue weighted by Gasteiger charge is -2.31. The summed E-state index contributed by atoms with van der Waals surface area (Å²) in [5, 5.41) is 3.27. The van der Waals surface area contributed by atoms with Crippen LogP contribution in [-0.4, -0.2) is 53.7 Å². The van der Waals surface area contributed by atoms with Gasteiger partial charge in [0.25, 0.3) is 0 Å². The van der Waals surface area contributed by atoms with Gasteiger partial charge in [0.15, 0.2) is 11.4 Å². The van der Waals surface area contributed by atoms with E-state index in [9.17, 15) is 14.4 Å². The van der Waals surface area contributed by atoms with Crippen molar-refractivity contribution in [3.8, 4) is 0 Å². The van der Waals surface area contributed by atoms with Gasteiger partial charge in [-0.25, -0.2) is 4.79 Å². The fraction of sp³-hybridized carbons (Fsp3) is 0.481. The molecule has 1 spiro atoms. The van der Waals surface area contributed by atoms with Crippen LogP contribution in [-0.2, 0) is 20.5 Å². The highest BCUT2D eigenvalue weighted by Gasteiger charge is 2.55. The van der Waals surface area contributed by atoms with E-state index in [4.69, 9.17) is 4.74 Å². The number of amides is 1. The predicted molar refractivity (Wildman–Crippen MR) is 125 cm³/mol. The monoisotopic (exact) mass is 459 g/mol. The molecule has 1 saturated carbocycles. The van der Waals surface area contributed by atoms with E-state index in [1.54, 1.807) is 13.1 Å². The van der Waals surface area contributed by atoms with Gasteiger partial charge in [-0.3, -0.25) is 14.6 Å². The largest absolute Gasteiger partial charge is 0.449 e. The van der Waals surface area contributed by atoms with E-state index >= 15 is 0 Å². The van der Waals surface area contributed by atoms with Gasteiger partial charge in [-0.05, 0) is 55.3 Å². The van der Waals surface area contributed by atoms with E-state index in [1.807, 2.05) is 11.0 Å². The average Bonchev–Trinajstić information content (AvgIpc) is 3.46. The summed E-state index contributed by atoms with van der Waals surface area (Å²) in [6.07, 6.45) is 5.79. The van der Waals surface area contributed by atoms with Gasteiger partial charge in [0.1, 0.15) is 5.69 Å². The molecule has 1 aromatic carbocycles. The van der Waals surface area contributed by atoms with Crippen LogP contribution in [0.1, 0.15) is 82.5 Å². The first-order valence-electron chi connectivity index (χ1n) is 12.3. The smallest absolute Gasteiger partial charge is 0.341 e. The number of piperidine rings is 1. The first kappa shape index (κ1) is 21.5. The zero-order chi connectivity index (χ0) is 23.5. The number of ketones is 1. The third-order valence-corrected chi connectivity index (χ3v) is 8.32. The molecule has 2 aromatic rings. The number of likely N-dealkylation sites (tertiary alicyclic amines) is 1. The first-order chi connectivity index (χ1) is 16.4. The van der Waals surface area contributed by atoms with Crippen molar-refractivity contribution < 1.29 is 19.1 Å². The number of hydrogen-bond acceptors (Lipinski definition) is 6. The van der Waals surface area contributed by atoms with Crippen LogP contribution < -0.4 is 5.32 Å². The van der Waals surface area contributed by atoms with Crippen LogP contribution in [0.2, 0.25) is 0 Å². The van der Waals surface area contributed by atoms with E-state index in [2.05, 4.69) is 34.6 Å². The Labute approximate surface area is 198 Å². The number of pyridine rings is 1. The third kappa shape index (κ3) is 3.21. The number of aromatic nitrogens is 1. The molecule has 1 aliphatic carbocycles. The third-order valence-electron chi connectivity index (χ3n) is 8.32. The quantitative estimate of drug-likeness (QED) is 0.558. The molecule has 7 heteroatoms. The number of ether oxygens (including phenoxy) is 1. The summed E-state index contributed by atoms with van der Waals surface area (Å²) in [5.74, 6) is 0.0635. The highest BCUT2D eigenvalue weighted by atomic mass is 16.6. The molecule has 0 bridgehead atoms. The Morgan fingerprint density at radius 2 is 1.82 bits per heavy atom. The normalized spacial score (nSPS) is 25.3. The number of carbonyl (C=O) groups is 3. The van der Waals surface area contributed by atoms with Crippen molar-refractivity contribution in [2.45, 2.75) is 56.0 Å². The van der Waals surface area contributed by atoms with Crippen molar-refractivity contribution >= 4 is 17.7 Å². The molecule has 7 nitrogen and oxygen atoms in total. The minimum Gasteiger partial charge on any atom is -0.449 e. The maximum absolute atomic E-state index is 13.8. The molecule has 176 valence electrons. The predicted octanol–water partition coefficient (Wildman–Crippen LogP) is 3.08. The minimum absolute atomic E-state index is 0.0770. The van der Waals surface area contributed by atoms with Crippen LogP contribution in [0.5, 0.6) is 0 Å². The summed E-state index contributed by atoms with van der Waals surface area (Å²) in [6.45, 7) is 4.57. The van der Waals surface area contributed by atoms with Crippen LogP contribution in [0.4, 0.5) is 0 Å². The van der Waals surface area contributed by atoms with Gasteiger partial charge < -0.3 is 15.0 Å². The van der Waals surface area contributed by atoms with Gasteiger partial charge in [-0.2, -0.15) is 0 Å². The molecule has 34 heavy (non-hydrogen) atoms. The van der Waals surface area contributed by atoms with Crippen molar-refractivity contribution in [1.29, 1.82) is 0 Å². The van der Waals surface area contributed by atoms with E-state index in [1.165, 1.54) is 5.56 Å². The molecule has 6 rings (SSSR count). The summed E-state index contributed by atoms with van der Waals surface area (Å²) < 4.78 is 5.80. The Kier molecular flexibility index (Phi) is 4.88. The Balaban J connectivity index is 1.26. The van der Waals surface area contributed by atoms with Crippen LogP contribution in [0.15, 0.2) is 36.5 Å². The molecule has 2 saturated heterocycles. The van der Waals surface area contributed by atoms with Crippen molar-refractivity contribution in [2.75, 3.05) is 26.2 Å². The number of rotatable bonds is 4. The highest BCUT2D eigenvalue weighted by Crippen LogP contribution is 2.52. The summed E-state index contributed by atoms with van der Waals surface area (Å²) in [5.41, 5.74) is 2.38. The molecular weight excluding hydrogens is 430 g/mol. The molecule has 1 aromatic heterocycles. The maximum Gasteiger partial charge on any atom is 0.341 e. The second-order valence-electron chi connectivity index (χ2n) is 10.2. The van der Waals surface area contributed by atoms with Crippen molar-refractivity contribution in [2.24, 2.45) is 0 Å². The first-order valence-corrected chi connectivity index (χ1v) is 12.3. The van der Waals surface area contributed by atoms with E-state index in [0.717, 1.165) is 56.4 Å². The lowest BCUT2D eigenvalue weighted by atomic mass is 9.83.